The Morgan fingerprint density at radius 1 is 0.833 bits per heavy atom. The molecule has 4 rings (SSSR count). The Morgan fingerprint density at radius 2 is 1.50 bits per heavy atom. The maximum Gasteiger partial charge on any atom is 0.253 e. The molecule has 0 aliphatic carbocycles. The fraction of sp³-hybridized carbons (Fsp3) is 0.417. The van der Waals surface area contributed by atoms with Crippen LogP contribution in [-0.2, 0) is 11.3 Å². The van der Waals surface area contributed by atoms with E-state index < -0.39 is 0 Å². The zero-order valence-corrected chi connectivity index (χ0v) is 17.4. The van der Waals surface area contributed by atoms with Gasteiger partial charge in [-0.25, -0.2) is 0 Å². The molecule has 6 nitrogen and oxygen atoms in total. The molecule has 2 aromatic carbocycles. The average Bonchev–Trinajstić information content (AvgIpc) is 3.21. The lowest BCUT2D eigenvalue weighted by atomic mass is 10.2. The minimum Gasteiger partial charge on any atom is -0.351 e. The summed E-state index contributed by atoms with van der Waals surface area (Å²) in [5, 5.41) is 3.20. The Hall–Kier alpha value is -2.70. The van der Waals surface area contributed by atoms with Gasteiger partial charge < -0.3 is 10.2 Å². The van der Waals surface area contributed by atoms with Crippen LogP contribution in [0.4, 0.5) is 0 Å². The van der Waals surface area contributed by atoms with Gasteiger partial charge in [0.25, 0.3) is 5.91 Å². The highest BCUT2D eigenvalue weighted by atomic mass is 16.2. The summed E-state index contributed by atoms with van der Waals surface area (Å²) in [4.78, 5) is 31.5. The van der Waals surface area contributed by atoms with Crippen molar-refractivity contribution in [1.29, 1.82) is 0 Å². The Morgan fingerprint density at radius 3 is 2.20 bits per heavy atom. The van der Waals surface area contributed by atoms with Gasteiger partial charge in [0.15, 0.2) is 0 Å². The Balaban J connectivity index is 1.17. The molecule has 2 saturated heterocycles. The van der Waals surface area contributed by atoms with Crippen LogP contribution in [0.2, 0.25) is 0 Å². The first-order valence-electron chi connectivity index (χ1n) is 10.8. The molecule has 2 heterocycles. The normalized spacial score (nSPS) is 20.3. The van der Waals surface area contributed by atoms with E-state index in [4.69, 9.17) is 0 Å². The van der Waals surface area contributed by atoms with E-state index in [1.165, 1.54) is 5.56 Å². The van der Waals surface area contributed by atoms with E-state index in [1.807, 2.05) is 41.3 Å². The van der Waals surface area contributed by atoms with Crippen molar-refractivity contribution in [2.75, 3.05) is 45.8 Å². The number of hydrogen-bond acceptors (Lipinski definition) is 4. The van der Waals surface area contributed by atoms with E-state index in [9.17, 15) is 9.59 Å². The third-order valence-corrected chi connectivity index (χ3v) is 5.93. The molecule has 0 unspecified atom stereocenters. The van der Waals surface area contributed by atoms with Crippen LogP contribution in [0, 0.1) is 0 Å². The second-order valence-corrected chi connectivity index (χ2v) is 8.21. The quantitative estimate of drug-likeness (QED) is 0.795. The van der Waals surface area contributed by atoms with Gasteiger partial charge in [-0.05, 0) is 24.1 Å². The van der Waals surface area contributed by atoms with Gasteiger partial charge in [0.2, 0.25) is 5.91 Å². The van der Waals surface area contributed by atoms with E-state index in [0.29, 0.717) is 19.6 Å². The molecule has 2 aromatic rings. The van der Waals surface area contributed by atoms with Crippen LogP contribution in [0.15, 0.2) is 60.7 Å². The van der Waals surface area contributed by atoms with Crippen LogP contribution in [0.1, 0.15) is 22.3 Å². The summed E-state index contributed by atoms with van der Waals surface area (Å²) >= 11 is 0. The lowest BCUT2D eigenvalue weighted by Gasteiger charge is -2.34. The van der Waals surface area contributed by atoms with E-state index in [2.05, 4.69) is 39.4 Å². The lowest BCUT2D eigenvalue weighted by Crippen LogP contribution is -2.52. The topological polar surface area (TPSA) is 55.9 Å². The smallest absolute Gasteiger partial charge is 0.253 e. The number of piperazine rings is 1. The van der Waals surface area contributed by atoms with Gasteiger partial charge in [-0.1, -0.05) is 48.5 Å². The third-order valence-electron chi connectivity index (χ3n) is 5.93. The van der Waals surface area contributed by atoms with Crippen molar-refractivity contribution in [2.45, 2.75) is 19.0 Å². The van der Waals surface area contributed by atoms with Crippen LogP contribution in [0.25, 0.3) is 0 Å². The van der Waals surface area contributed by atoms with Gasteiger partial charge in [-0.3, -0.25) is 19.4 Å². The number of hydrogen-bond donors (Lipinski definition) is 1. The minimum absolute atomic E-state index is 0.0733. The predicted molar refractivity (Wildman–Crippen MR) is 117 cm³/mol. The number of rotatable bonds is 6. The summed E-state index contributed by atoms with van der Waals surface area (Å²) < 4.78 is 0. The molecule has 6 heteroatoms. The standard InChI is InChI=1S/C24H30N4O2/c29-23(25-22-11-12-27(18-22)17-20-7-3-1-4-8-20)19-26-13-15-28(16-14-26)24(30)21-9-5-2-6-10-21/h1-10,22H,11-19H2,(H,25,29)/t22-/m1/s1. The van der Waals surface area contributed by atoms with Crippen molar-refractivity contribution in [3.63, 3.8) is 0 Å². The van der Waals surface area contributed by atoms with Crippen molar-refractivity contribution in [3.05, 3.63) is 71.8 Å². The molecule has 1 atom stereocenters. The summed E-state index contributed by atoms with van der Waals surface area (Å²) in [6, 6.07) is 20.1. The third kappa shape index (κ3) is 5.46. The van der Waals surface area contributed by atoms with Crippen molar-refractivity contribution in [2.24, 2.45) is 0 Å². The fourth-order valence-electron chi connectivity index (χ4n) is 4.28. The zero-order chi connectivity index (χ0) is 20.8. The van der Waals surface area contributed by atoms with Crippen molar-refractivity contribution in [3.8, 4) is 0 Å². The van der Waals surface area contributed by atoms with E-state index in [0.717, 1.165) is 44.7 Å². The molecular weight excluding hydrogens is 376 g/mol. The predicted octanol–water partition coefficient (Wildman–Crippen LogP) is 1.84. The Kier molecular flexibility index (Phi) is 6.77. The number of nitrogens with one attached hydrogen (secondary N) is 1. The molecule has 2 aliphatic heterocycles. The number of carbonyl (C=O) groups is 2. The molecule has 0 aromatic heterocycles. The molecule has 0 radical (unpaired) electrons. The summed E-state index contributed by atoms with van der Waals surface area (Å²) in [6.07, 6.45) is 0.998. The minimum atomic E-state index is 0.0733. The SMILES string of the molecule is O=C(CN1CCN(C(=O)c2ccccc2)CC1)N[C@@H]1CCN(Cc2ccccc2)C1. The van der Waals surface area contributed by atoms with Gasteiger partial charge in [0.1, 0.15) is 0 Å². The van der Waals surface area contributed by atoms with Crippen LogP contribution in [0.3, 0.4) is 0 Å². The molecule has 0 spiro atoms. The molecule has 2 fully saturated rings. The monoisotopic (exact) mass is 406 g/mol. The number of amides is 2. The Bertz CT molecular complexity index is 835. The summed E-state index contributed by atoms with van der Waals surface area (Å²) in [5.41, 5.74) is 2.04. The maximum absolute atomic E-state index is 12.5. The van der Waals surface area contributed by atoms with Gasteiger partial charge >= 0.3 is 0 Å². The first-order valence-corrected chi connectivity index (χ1v) is 10.8. The van der Waals surface area contributed by atoms with Crippen LogP contribution < -0.4 is 5.32 Å². The second kappa shape index (κ2) is 9.87. The number of carbonyl (C=O) groups excluding carboxylic acids is 2. The number of nitrogens with zero attached hydrogens (tertiary/aromatic N) is 3. The van der Waals surface area contributed by atoms with E-state index in [-0.39, 0.29) is 17.9 Å². The van der Waals surface area contributed by atoms with E-state index in [1.54, 1.807) is 0 Å². The number of likely N-dealkylation sites (tertiary alicyclic amines) is 1. The summed E-state index contributed by atoms with van der Waals surface area (Å²) in [6.45, 7) is 6.05. The van der Waals surface area contributed by atoms with Crippen LogP contribution in [0.5, 0.6) is 0 Å². The molecule has 30 heavy (non-hydrogen) atoms. The summed E-state index contributed by atoms with van der Waals surface area (Å²) in [5.74, 6) is 0.161. The highest BCUT2D eigenvalue weighted by molar-refractivity contribution is 5.94. The molecule has 158 valence electrons. The second-order valence-electron chi connectivity index (χ2n) is 8.21. The molecule has 2 amide bonds. The first-order chi connectivity index (χ1) is 14.7. The molecule has 0 bridgehead atoms. The highest BCUT2D eigenvalue weighted by Crippen LogP contribution is 2.14. The van der Waals surface area contributed by atoms with Crippen LogP contribution >= 0.6 is 0 Å². The van der Waals surface area contributed by atoms with Gasteiger partial charge in [-0.15, -0.1) is 0 Å². The largest absolute Gasteiger partial charge is 0.351 e. The molecule has 0 saturated carbocycles. The number of benzene rings is 2. The Labute approximate surface area is 178 Å². The highest BCUT2D eigenvalue weighted by Gasteiger charge is 2.26. The maximum atomic E-state index is 12.5. The molecular formula is C24H30N4O2. The van der Waals surface area contributed by atoms with Crippen molar-refractivity contribution >= 4 is 11.8 Å². The van der Waals surface area contributed by atoms with Gasteiger partial charge in [0, 0.05) is 57.4 Å². The lowest BCUT2D eigenvalue weighted by molar-refractivity contribution is -0.123. The van der Waals surface area contributed by atoms with Crippen molar-refractivity contribution in [1.82, 2.24) is 20.0 Å². The van der Waals surface area contributed by atoms with Gasteiger partial charge in [0.05, 0.1) is 6.54 Å². The molecule has 1 N–H and O–H groups in total. The van der Waals surface area contributed by atoms with Crippen LogP contribution in [-0.4, -0.2) is 78.4 Å². The average molecular weight is 407 g/mol. The molecule has 2 aliphatic rings. The van der Waals surface area contributed by atoms with Crippen molar-refractivity contribution < 1.29 is 9.59 Å². The fourth-order valence-corrected chi connectivity index (χ4v) is 4.28. The van der Waals surface area contributed by atoms with E-state index >= 15 is 0 Å². The summed E-state index contributed by atoms with van der Waals surface area (Å²) in [7, 11) is 0. The first kappa shape index (κ1) is 20.6. The zero-order valence-electron chi connectivity index (χ0n) is 17.4. The van der Waals surface area contributed by atoms with Gasteiger partial charge in [-0.2, -0.15) is 0 Å².